The Morgan fingerprint density at radius 3 is 2.50 bits per heavy atom. The molecule has 6 nitrogen and oxygen atoms in total. The molecule has 5 rings (SSSR count). The van der Waals surface area contributed by atoms with Crippen LogP contribution in [-0.4, -0.2) is 79.1 Å². The molecule has 0 aliphatic carbocycles. The zero-order valence-corrected chi connectivity index (χ0v) is 21.3. The van der Waals surface area contributed by atoms with E-state index in [1.807, 2.05) is 20.8 Å². The summed E-state index contributed by atoms with van der Waals surface area (Å²) in [6.45, 7) is 12.0. The van der Waals surface area contributed by atoms with Crippen LogP contribution in [0.5, 0.6) is 0 Å². The van der Waals surface area contributed by atoms with E-state index in [-0.39, 0.29) is 11.7 Å². The number of benzene rings is 1. The second-order valence-corrected chi connectivity index (χ2v) is 12.0. The number of rotatable bonds is 4. The van der Waals surface area contributed by atoms with E-state index in [9.17, 15) is 4.79 Å². The van der Waals surface area contributed by atoms with Crippen LogP contribution in [0.25, 0.3) is 0 Å². The van der Waals surface area contributed by atoms with Gasteiger partial charge in [-0.25, -0.2) is 4.79 Å². The Balaban J connectivity index is 1.11. The number of carbonyl (C=O) groups is 1. The quantitative estimate of drug-likeness (QED) is 0.643. The van der Waals surface area contributed by atoms with Crippen LogP contribution in [-0.2, 0) is 20.6 Å². The van der Waals surface area contributed by atoms with Crippen molar-refractivity contribution in [3.63, 3.8) is 0 Å². The summed E-state index contributed by atoms with van der Waals surface area (Å²) in [5.41, 5.74) is 2.54. The topological polar surface area (TPSA) is 51.2 Å². The molecule has 4 aliphatic heterocycles. The van der Waals surface area contributed by atoms with Gasteiger partial charge in [0.2, 0.25) is 0 Å². The molecule has 1 amide bonds. The van der Waals surface area contributed by atoms with Crippen LogP contribution in [0.3, 0.4) is 0 Å². The highest BCUT2D eigenvalue weighted by Gasteiger charge is 2.53. The standard InChI is InChI=1S/C28H42N2O4/c1-27(2,3)34-26(31)30-19-28(20-30)17-24(18-33-28)29-12-8-22(9-13-29)25-7-5-4-6-23(25)16-21-10-14-32-15-11-21/h4-7,21-22,24H,8-20H2,1-3H3/t24-/m0/s1. The van der Waals surface area contributed by atoms with Gasteiger partial charge in [-0.3, -0.25) is 4.90 Å². The Kier molecular flexibility index (Phi) is 6.93. The average molecular weight is 471 g/mol. The number of hydrogen-bond donors (Lipinski definition) is 0. The molecular weight excluding hydrogens is 428 g/mol. The van der Waals surface area contributed by atoms with Crippen LogP contribution in [0.1, 0.15) is 69.9 Å². The molecule has 0 unspecified atom stereocenters. The predicted molar refractivity (Wildman–Crippen MR) is 132 cm³/mol. The summed E-state index contributed by atoms with van der Waals surface area (Å²) in [5.74, 6) is 1.43. The van der Waals surface area contributed by atoms with Crippen molar-refractivity contribution < 1.29 is 19.0 Å². The van der Waals surface area contributed by atoms with Crippen LogP contribution < -0.4 is 0 Å². The summed E-state index contributed by atoms with van der Waals surface area (Å²) in [4.78, 5) is 16.7. The molecule has 4 fully saturated rings. The van der Waals surface area contributed by atoms with Crippen LogP contribution >= 0.6 is 0 Å². The third kappa shape index (κ3) is 5.44. The molecule has 1 atom stereocenters. The number of hydrogen-bond acceptors (Lipinski definition) is 5. The molecule has 0 N–H and O–H groups in total. The smallest absolute Gasteiger partial charge is 0.410 e. The third-order valence-electron chi connectivity index (χ3n) is 8.19. The summed E-state index contributed by atoms with van der Waals surface area (Å²) in [6.07, 6.45) is 6.84. The molecule has 1 aromatic carbocycles. The van der Waals surface area contributed by atoms with Gasteiger partial charge in [0.1, 0.15) is 11.2 Å². The normalized spacial score (nSPS) is 26.6. The van der Waals surface area contributed by atoms with Crippen molar-refractivity contribution in [3.8, 4) is 0 Å². The van der Waals surface area contributed by atoms with Gasteiger partial charge in [0.05, 0.1) is 19.7 Å². The number of nitrogens with zero attached hydrogens (tertiary/aromatic N) is 2. The van der Waals surface area contributed by atoms with Crippen LogP contribution in [0.15, 0.2) is 24.3 Å². The Bertz CT molecular complexity index is 846. The summed E-state index contributed by atoms with van der Waals surface area (Å²) < 4.78 is 17.3. The van der Waals surface area contributed by atoms with Gasteiger partial charge in [-0.2, -0.15) is 0 Å². The second-order valence-electron chi connectivity index (χ2n) is 12.0. The molecular formula is C28H42N2O4. The van der Waals surface area contributed by atoms with Crippen LogP contribution in [0.2, 0.25) is 0 Å². The lowest BCUT2D eigenvalue weighted by Gasteiger charge is -2.47. The van der Waals surface area contributed by atoms with Gasteiger partial charge in [0.15, 0.2) is 0 Å². The zero-order chi connectivity index (χ0) is 23.8. The Hall–Kier alpha value is -1.63. The first-order chi connectivity index (χ1) is 16.3. The van der Waals surface area contributed by atoms with E-state index in [1.54, 1.807) is 16.0 Å². The lowest BCUT2D eigenvalue weighted by atomic mass is 9.82. The highest BCUT2D eigenvalue weighted by atomic mass is 16.6. The predicted octanol–water partition coefficient (Wildman–Crippen LogP) is 4.61. The van der Waals surface area contributed by atoms with E-state index in [2.05, 4.69) is 29.2 Å². The fraction of sp³-hybridized carbons (Fsp3) is 0.750. The van der Waals surface area contributed by atoms with Crippen molar-refractivity contribution in [1.29, 1.82) is 0 Å². The summed E-state index contributed by atoms with van der Waals surface area (Å²) in [6, 6.07) is 9.64. The monoisotopic (exact) mass is 470 g/mol. The first kappa shape index (κ1) is 24.1. The Morgan fingerprint density at radius 2 is 1.79 bits per heavy atom. The maximum Gasteiger partial charge on any atom is 0.410 e. The molecule has 0 saturated carbocycles. The van der Waals surface area contributed by atoms with E-state index < -0.39 is 5.60 Å². The molecule has 0 bridgehead atoms. The average Bonchev–Trinajstić information content (AvgIpc) is 3.24. The molecule has 4 saturated heterocycles. The van der Waals surface area contributed by atoms with Crippen molar-refractivity contribution in [1.82, 2.24) is 9.80 Å². The molecule has 1 aromatic rings. The second kappa shape index (κ2) is 9.79. The minimum Gasteiger partial charge on any atom is -0.444 e. The van der Waals surface area contributed by atoms with E-state index in [1.165, 1.54) is 32.1 Å². The SMILES string of the molecule is CC(C)(C)OC(=O)N1CC2(C[C@H](N3CCC(c4ccccc4CC4CCOCC4)CC3)CO2)C1. The van der Waals surface area contributed by atoms with E-state index in [0.717, 1.165) is 45.2 Å². The van der Waals surface area contributed by atoms with Gasteiger partial charge in [0.25, 0.3) is 0 Å². The minimum absolute atomic E-state index is 0.158. The minimum atomic E-state index is -0.452. The number of ether oxygens (including phenoxy) is 3. The fourth-order valence-corrected chi connectivity index (χ4v) is 6.34. The highest BCUT2D eigenvalue weighted by molar-refractivity contribution is 5.69. The molecule has 4 heterocycles. The van der Waals surface area contributed by atoms with Gasteiger partial charge < -0.3 is 19.1 Å². The molecule has 1 spiro atoms. The molecule has 188 valence electrons. The number of piperidine rings is 1. The lowest BCUT2D eigenvalue weighted by molar-refractivity contribution is -0.109. The molecule has 0 aromatic heterocycles. The highest BCUT2D eigenvalue weighted by Crippen LogP contribution is 2.40. The van der Waals surface area contributed by atoms with Crippen LogP contribution in [0, 0.1) is 5.92 Å². The molecule has 34 heavy (non-hydrogen) atoms. The van der Waals surface area contributed by atoms with Crippen molar-refractivity contribution in [2.24, 2.45) is 5.92 Å². The van der Waals surface area contributed by atoms with Crippen molar-refractivity contribution in [2.45, 2.75) is 82.5 Å². The van der Waals surface area contributed by atoms with E-state index in [0.29, 0.717) is 25.0 Å². The number of likely N-dealkylation sites (tertiary alicyclic amines) is 2. The van der Waals surface area contributed by atoms with Crippen LogP contribution in [0.4, 0.5) is 4.79 Å². The first-order valence-corrected chi connectivity index (χ1v) is 13.3. The maximum absolute atomic E-state index is 12.3. The summed E-state index contributed by atoms with van der Waals surface area (Å²) in [5, 5.41) is 0. The summed E-state index contributed by atoms with van der Waals surface area (Å²) in [7, 11) is 0. The molecule has 4 aliphatic rings. The number of carbonyl (C=O) groups excluding carboxylic acids is 1. The van der Waals surface area contributed by atoms with E-state index in [4.69, 9.17) is 14.2 Å². The summed E-state index contributed by atoms with van der Waals surface area (Å²) >= 11 is 0. The van der Waals surface area contributed by atoms with Crippen molar-refractivity contribution in [3.05, 3.63) is 35.4 Å². The third-order valence-corrected chi connectivity index (χ3v) is 8.19. The Morgan fingerprint density at radius 1 is 1.09 bits per heavy atom. The van der Waals surface area contributed by atoms with Gasteiger partial charge in [-0.1, -0.05) is 24.3 Å². The largest absolute Gasteiger partial charge is 0.444 e. The van der Waals surface area contributed by atoms with Gasteiger partial charge in [-0.15, -0.1) is 0 Å². The van der Waals surface area contributed by atoms with Crippen molar-refractivity contribution >= 4 is 6.09 Å². The fourth-order valence-electron chi connectivity index (χ4n) is 6.34. The Labute approximate surface area is 204 Å². The molecule has 0 radical (unpaired) electrons. The van der Waals surface area contributed by atoms with Gasteiger partial charge in [-0.05, 0) is 95.3 Å². The maximum atomic E-state index is 12.3. The number of amides is 1. The lowest BCUT2D eigenvalue weighted by Crippen LogP contribution is -2.64. The molecule has 6 heteroatoms. The van der Waals surface area contributed by atoms with Crippen molar-refractivity contribution in [2.75, 3.05) is 46.0 Å². The zero-order valence-electron chi connectivity index (χ0n) is 21.3. The van der Waals surface area contributed by atoms with E-state index >= 15 is 0 Å². The first-order valence-electron chi connectivity index (χ1n) is 13.3. The van der Waals surface area contributed by atoms with Gasteiger partial charge >= 0.3 is 6.09 Å². The van der Waals surface area contributed by atoms with Gasteiger partial charge in [0, 0.05) is 19.3 Å².